The van der Waals surface area contributed by atoms with Crippen molar-refractivity contribution in [3.05, 3.63) is 83.1 Å². The van der Waals surface area contributed by atoms with E-state index in [2.05, 4.69) is 14.8 Å². The van der Waals surface area contributed by atoms with Crippen molar-refractivity contribution < 1.29 is 31.1 Å². The first kappa shape index (κ1) is 22.4. The predicted molar refractivity (Wildman–Crippen MR) is 110 cm³/mol. The van der Waals surface area contributed by atoms with Crippen LogP contribution >= 0.6 is 11.6 Å². The van der Waals surface area contributed by atoms with E-state index >= 15 is 0 Å². The van der Waals surface area contributed by atoms with Crippen LogP contribution in [-0.4, -0.2) is 20.9 Å². The summed E-state index contributed by atoms with van der Waals surface area (Å²) in [6, 6.07) is 13.5. The number of alkyl halides is 2. The molecular weight excluding hydrogens is 457 g/mol. The van der Waals surface area contributed by atoms with Gasteiger partial charge in [0.05, 0.1) is 5.02 Å². The van der Waals surface area contributed by atoms with Crippen LogP contribution in [-0.2, 0) is 10.0 Å². The van der Waals surface area contributed by atoms with Crippen LogP contribution in [0.1, 0.15) is 10.4 Å². The number of sulfonamides is 1. The van der Waals surface area contributed by atoms with Crippen LogP contribution < -0.4 is 14.8 Å². The highest BCUT2D eigenvalue weighted by Crippen LogP contribution is 2.26. The lowest BCUT2D eigenvalue weighted by atomic mass is 10.2. The smallest absolute Gasteiger partial charge is 0.387 e. The molecule has 0 fully saturated rings. The van der Waals surface area contributed by atoms with Gasteiger partial charge in [0.25, 0.3) is 15.9 Å². The van der Waals surface area contributed by atoms with Gasteiger partial charge in [-0.05, 0) is 66.7 Å². The van der Waals surface area contributed by atoms with Gasteiger partial charge in [-0.3, -0.25) is 9.52 Å². The molecule has 0 heterocycles. The third kappa shape index (κ3) is 5.89. The fourth-order valence-corrected chi connectivity index (χ4v) is 4.09. The Hall–Kier alpha value is -3.24. The number of benzene rings is 3. The average molecular weight is 471 g/mol. The lowest BCUT2D eigenvalue weighted by molar-refractivity contribution is -0.0498. The number of halogens is 4. The Labute approximate surface area is 180 Å². The highest BCUT2D eigenvalue weighted by molar-refractivity contribution is 7.92. The topological polar surface area (TPSA) is 84.5 Å². The number of ether oxygens (including phenoxy) is 1. The average Bonchev–Trinajstić information content (AvgIpc) is 2.71. The van der Waals surface area contributed by atoms with Crippen molar-refractivity contribution in [1.82, 2.24) is 0 Å². The number of anilines is 2. The third-order valence-electron chi connectivity index (χ3n) is 3.92. The van der Waals surface area contributed by atoms with Gasteiger partial charge in [0.15, 0.2) is 0 Å². The van der Waals surface area contributed by atoms with Crippen LogP contribution in [0, 0.1) is 5.82 Å². The van der Waals surface area contributed by atoms with Gasteiger partial charge in [-0.1, -0.05) is 11.6 Å². The largest absolute Gasteiger partial charge is 0.435 e. The highest BCUT2D eigenvalue weighted by atomic mass is 35.5. The second-order valence-electron chi connectivity index (χ2n) is 6.11. The molecule has 3 rings (SSSR count). The molecule has 0 aliphatic rings. The second kappa shape index (κ2) is 9.27. The van der Waals surface area contributed by atoms with Crippen molar-refractivity contribution in [2.75, 3.05) is 10.0 Å². The van der Waals surface area contributed by atoms with E-state index in [-0.39, 0.29) is 32.6 Å². The molecule has 0 aromatic heterocycles. The number of carbonyl (C=O) groups is 1. The van der Waals surface area contributed by atoms with Crippen LogP contribution in [0.3, 0.4) is 0 Å². The zero-order valence-electron chi connectivity index (χ0n) is 15.5. The van der Waals surface area contributed by atoms with Crippen molar-refractivity contribution in [2.45, 2.75) is 11.5 Å². The molecule has 31 heavy (non-hydrogen) atoms. The minimum atomic E-state index is -4.17. The van der Waals surface area contributed by atoms with E-state index < -0.39 is 28.4 Å². The van der Waals surface area contributed by atoms with Crippen molar-refractivity contribution in [1.29, 1.82) is 0 Å². The fourth-order valence-electron chi connectivity index (χ4n) is 2.50. The summed E-state index contributed by atoms with van der Waals surface area (Å²) in [5.74, 6) is -1.27. The zero-order valence-corrected chi connectivity index (χ0v) is 17.1. The summed E-state index contributed by atoms with van der Waals surface area (Å²) in [5, 5.41) is 2.39. The molecule has 6 nitrogen and oxygen atoms in total. The Morgan fingerprint density at radius 3 is 2.16 bits per heavy atom. The van der Waals surface area contributed by atoms with Gasteiger partial charge < -0.3 is 10.1 Å². The van der Waals surface area contributed by atoms with Gasteiger partial charge in [-0.15, -0.1) is 0 Å². The normalized spacial score (nSPS) is 11.3. The van der Waals surface area contributed by atoms with E-state index in [1.54, 1.807) is 0 Å². The minimum Gasteiger partial charge on any atom is -0.435 e. The van der Waals surface area contributed by atoms with Gasteiger partial charge in [0.1, 0.15) is 16.5 Å². The molecule has 0 radical (unpaired) electrons. The number of hydrogen-bond donors (Lipinski definition) is 2. The summed E-state index contributed by atoms with van der Waals surface area (Å²) < 4.78 is 69.2. The molecule has 0 aliphatic heterocycles. The molecule has 162 valence electrons. The van der Waals surface area contributed by atoms with Gasteiger partial charge >= 0.3 is 6.61 Å². The van der Waals surface area contributed by atoms with Crippen LogP contribution in [0.5, 0.6) is 5.75 Å². The van der Waals surface area contributed by atoms with Gasteiger partial charge in [0.2, 0.25) is 0 Å². The first-order valence-corrected chi connectivity index (χ1v) is 10.4. The Balaban J connectivity index is 1.79. The Bertz CT molecular complexity index is 1190. The summed E-state index contributed by atoms with van der Waals surface area (Å²) in [6.07, 6.45) is 0. The van der Waals surface area contributed by atoms with Crippen LogP contribution in [0.2, 0.25) is 5.02 Å². The van der Waals surface area contributed by atoms with Crippen molar-refractivity contribution in [3.63, 3.8) is 0 Å². The van der Waals surface area contributed by atoms with E-state index in [1.165, 1.54) is 48.5 Å². The molecule has 11 heteroatoms. The number of rotatable bonds is 7. The standard InChI is InChI=1S/C20H14ClF3N2O4S/c21-17-10-1-12(19(27)25-14-6-8-16(9-7-14)30-20(23)24)11-18(17)31(28,29)26-15-4-2-13(22)3-5-15/h1-11,20,26H,(H,25,27). The Morgan fingerprint density at radius 1 is 0.935 bits per heavy atom. The Kier molecular flexibility index (Phi) is 6.71. The number of amides is 1. The molecule has 3 aromatic carbocycles. The minimum absolute atomic E-state index is 0.0169. The maximum absolute atomic E-state index is 13.0. The molecular formula is C20H14ClF3N2O4S. The van der Waals surface area contributed by atoms with Gasteiger partial charge in [-0.25, -0.2) is 12.8 Å². The number of hydrogen-bond acceptors (Lipinski definition) is 4. The SMILES string of the molecule is O=C(Nc1ccc(OC(F)F)cc1)c1ccc(Cl)c(S(=O)(=O)Nc2ccc(F)cc2)c1. The maximum atomic E-state index is 13.0. The quantitative estimate of drug-likeness (QED) is 0.501. The highest BCUT2D eigenvalue weighted by Gasteiger charge is 2.21. The zero-order chi connectivity index (χ0) is 22.6. The van der Waals surface area contributed by atoms with Crippen molar-refractivity contribution in [3.8, 4) is 5.75 Å². The first-order chi connectivity index (χ1) is 14.6. The molecule has 0 bridgehead atoms. The van der Waals surface area contributed by atoms with Gasteiger partial charge in [-0.2, -0.15) is 8.78 Å². The van der Waals surface area contributed by atoms with Gasteiger partial charge in [0, 0.05) is 16.9 Å². The maximum Gasteiger partial charge on any atom is 0.387 e. The van der Waals surface area contributed by atoms with Crippen molar-refractivity contribution >= 4 is 38.9 Å². The van der Waals surface area contributed by atoms with E-state index in [0.29, 0.717) is 0 Å². The second-order valence-corrected chi connectivity index (χ2v) is 8.17. The van der Waals surface area contributed by atoms with E-state index in [1.807, 2.05) is 0 Å². The Morgan fingerprint density at radius 2 is 1.55 bits per heavy atom. The molecule has 0 spiro atoms. The number of nitrogens with one attached hydrogen (secondary N) is 2. The van der Waals surface area contributed by atoms with E-state index in [4.69, 9.17) is 11.6 Å². The molecule has 2 N–H and O–H groups in total. The summed E-state index contributed by atoms with van der Waals surface area (Å²) >= 11 is 6.01. The van der Waals surface area contributed by atoms with E-state index in [0.717, 1.165) is 18.2 Å². The lowest BCUT2D eigenvalue weighted by Crippen LogP contribution is -2.16. The number of carbonyl (C=O) groups excluding carboxylic acids is 1. The summed E-state index contributed by atoms with van der Waals surface area (Å²) in [7, 11) is -4.17. The molecule has 1 amide bonds. The van der Waals surface area contributed by atoms with Crippen LogP contribution in [0.4, 0.5) is 24.5 Å². The molecule has 0 saturated heterocycles. The van der Waals surface area contributed by atoms with Crippen molar-refractivity contribution in [2.24, 2.45) is 0 Å². The lowest BCUT2D eigenvalue weighted by Gasteiger charge is -2.12. The van der Waals surface area contributed by atoms with E-state index in [9.17, 15) is 26.4 Å². The molecule has 0 saturated carbocycles. The predicted octanol–water partition coefficient (Wildman–Crippen LogP) is 5.13. The summed E-state index contributed by atoms with van der Waals surface area (Å²) in [4.78, 5) is 12.1. The fraction of sp³-hybridized carbons (Fsp3) is 0.0500. The summed E-state index contributed by atoms with van der Waals surface area (Å²) in [6.45, 7) is -2.97. The van der Waals surface area contributed by atoms with Crippen LogP contribution in [0.25, 0.3) is 0 Å². The molecule has 0 unspecified atom stereocenters. The molecule has 0 atom stereocenters. The van der Waals surface area contributed by atoms with Crippen LogP contribution in [0.15, 0.2) is 71.6 Å². The third-order valence-corrected chi connectivity index (χ3v) is 5.78. The monoisotopic (exact) mass is 470 g/mol. The molecule has 3 aromatic rings. The summed E-state index contributed by atoms with van der Waals surface area (Å²) in [5.41, 5.74) is 0.366. The molecule has 0 aliphatic carbocycles. The first-order valence-electron chi connectivity index (χ1n) is 8.58.